The number of hydrogen-bond acceptors (Lipinski definition) is 3. The Bertz CT molecular complexity index is 593. The van der Waals surface area contributed by atoms with Crippen LogP contribution in [0.5, 0.6) is 5.75 Å². The van der Waals surface area contributed by atoms with E-state index in [1.807, 2.05) is 18.2 Å². The van der Waals surface area contributed by atoms with Crippen molar-refractivity contribution in [1.82, 2.24) is 0 Å². The Morgan fingerprint density at radius 1 is 0.750 bits per heavy atom. The largest absolute Gasteiger partial charge is 0.549 e. The van der Waals surface area contributed by atoms with E-state index in [2.05, 4.69) is 65.0 Å². The van der Waals surface area contributed by atoms with Gasteiger partial charge in [0.05, 0.1) is 21.2 Å². The van der Waals surface area contributed by atoms with Crippen LogP contribution in [0.2, 0.25) is 58.9 Å². The Hall–Kier alpha value is -0.772. The van der Waals surface area contributed by atoms with E-state index in [1.54, 1.807) is 0 Å². The van der Waals surface area contributed by atoms with E-state index in [4.69, 9.17) is 13.3 Å². The lowest BCUT2D eigenvalue weighted by molar-refractivity contribution is 0.422. The Kier molecular flexibility index (Phi) is 6.76. The molecule has 1 rings (SSSR count). The van der Waals surface area contributed by atoms with Gasteiger partial charge in [0, 0.05) is 0 Å². The zero-order valence-electron chi connectivity index (χ0n) is 17.0. The molecule has 0 saturated heterocycles. The highest BCUT2D eigenvalue weighted by atomic mass is 28.4. The third-order valence-electron chi connectivity index (χ3n) is 2.74. The van der Waals surface area contributed by atoms with Gasteiger partial charge in [-0.3, -0.25) is 0 Å². The van der Waals surface area contributed by atoms with Gasteiger partial charge < -0.3 is 13.3 Å². The normalized spacial score (nSPS) is 14.2. The molecular weight excluding hydrogens is 365 g/mol. The third kappa shape index (κ3) is 7.87. The molecule has 3 nitrogen and oxygen atoms in total. The van der Waals surface area contributed by atoms with E-state index in [0.717, 1.165) is 32.7 Å². The van der Waals surface area contributed by atoms with Gasteiger partial charge in [0.1, 0.15) is 11.5 Å². The fraction of sp³-hybridized carbons (Fsp3) is 0.529. The Morgan fingerprint density at radius 2 is 1.25 bits per heavy atom. The van der Waals surface area contributed by atoms with Gasteiger partial charge in [-0.2, -0.15) is 0 Å². The molecule has 0 N–H and O–H groups in total. The van der Waals surface area contributed by atoms with E-state index in [-0.39, 0.29) is 0 Å². The van der Waals surface area contributed by atoms with Crippen molar-refractivity contribution in [3.63, 3.8) is 0 Å². The van der Waals surface area contributed by atoms with E-state index >= 15 is 0 Å². The first kappa shape index (κ1) is 21.3. The molecule has 1 aromatic carbocycles. The van der Waals surface area contributed by atoms with Crippen LogP contribution in [0.25, 0.3) is 5.76 Å². The summed E-state index contributed by atoms with van der Waals surface area (Å²) in [5.41, 5.74) is 1.03. The first-order valence-corrected chi connectivity index (χ1v) is 19.8. The molecule has 0 radical (unpaired) electrons. The van der Waals surface area contributed by atoms with E-state index < -0.39 is 25.0 Å². The molecule has 1 aromatic rings. The molecule has 136 valence electrons. The van der Waals surface area contributed by atoms with Gasteiger partial charge in [0.25, 0.3) is 0 Å². The minimum Gasteiger partial charge on any atom is -0.549 e. The molecular formula is C17H34O3Si4. The summed E-state index contributed by atoms with van der Waals surface area (Å²) in [5.74, 6) is 1.81. The van der Waals surface area contributed by atoms with Crippen molar-refractivity contribution < 1.29 is 13.3 Å². The van der Waals surface area contributed by atoms with Gasteiger partial charge in [-0.25, -0.2) is 0 Å². The van der Waals surface area contributed by atoms with Crippen molar-refractivity contribution in [2.45, 2.75) is 58.9 Å². The van der Waals surface area contributed by atoms with Crippen molar-refractivity contribution in [2.75, 3.05) is 0 Å². The maximum absolute atomic E-state index is 6.47. The summed E-state index contributed by atoms with van der Waals surface area (Å²) < 4.78 is 19.1. The second kappa shape index (κ2) is 7.63. The monoisotopic (exact) mass is 398 g/mol. The van der Waals surface area contributed by atoms with Gasteiger partial charge in [-0.15, -0.1) is 0 Å². The fourth-order valence-electron chi connectivity index (χ4n) is 2.20. The Labute approximate surface area is 154 Å². The molecule has 0 atom stereocenters. The summed E-state index contributed by atoms with van der Waals surface area (Å²) in [4.78, 5) is 0. The van der Waals surface area contributed by atoms with Crippen LogP contribution in [-0.4, -0.2) is 35.2 Å². The maximum atomic E-state index is 6.47. The molecule has 0 bridgehead atoms. The average molecular weight is 399 g/mol. The van der Waals surface area contributed by atoms with Crippen molar-refractivity contribution in [3.8, 4) is 5.75 Å². The van der Waals surface area contributed by atoms with Crippen LogP contribution in [0, 0.1) is 0 Å². The molecule has 0 unspecified atom stereocenters. The van der Waals surface area contributed by atoms with Crippen LogP contribution in [0.3, 0.4) is 0 Å². The highest BCUT2D eigenvalue weighted by molar-refractivity contribution is 6.71. The predicted molar refractivity (Wildman–Crippen MR) is 116 cm³/mol. The van der Waals surface area contributed by atoms with Gasteiger partial charge in [0.2, 0.25) is 25.0 Å². The lowest BCUT2D eigenvalue weighted by atomic mass is 10.2. The van der Waals surface area contributed by atoms with E-state index in [0.29, 0.717) is 0 Å². The lowest BCUT2D eigenvalue weighted by Gasteiger charge is -2.29. The quantitative estimate of drug-likeness (QED) is 0.496. The summed E-state index contributed by atoms with van der Waals surface area (Å²) in [5, 5.41) is 1.00. The highest BCUT2D eigenvalue weighted by Gasteiger charge is 2.27. The summed E-state index contributed by atoms with van der Waals surface area (Å²) in [6, 6.07) is 8.21. The number of para-hydroxylation sites is 1. The van der Waals surface area contributed by atoms with E-state index in [1.165, 1.54) is 0 Å². The average Bonchev–Trinajstić information content (AvgIpc) is 2.31. The fourth-order valence-corrected chi connectivity index (χ4v) is 7.33. The highest BCUT2D eigenvalue weighted by Crippen LogP contribution is 2.33. The van der Waals surface area contributed by atoms with Crippen molar-refractivity contribution in [1.29, 1.82) is 0 Å². The topological polar surface area (TPSA) is 27.7 Å². The number of benzene rings is 1. The Morgan fingerprint density at radius 3 is 1.71 bits per heavy atom. The standard InChI is InChI=1S/C17H34O3Si4/c1-22(2,3)18-15-13-11-10-12-14(15)16(19-23(4,5)6)17(21)20-24(7,8)9/h10-13H,1-9,21H3. The molecule has 7 heteroatoms. The van der Waals surface area contributed by atoms with Crippen LogP contribution in [0.15, 0.2) is 29.6 Å². The molecule has 0 aromatic heterocycles. The molecule has 0 aliphatic carbocycles. The van der Waals surface area contributed by atoms with Crippen LogP contribution in [0.4, 0.5) is 0 Å². The van der Waals surface area contributed by atoms with Gasteiger partial charge in [-0.1, -0.05) is 12.1 Å². The molecule has 0 fully saturated rings. The second-order valence-corrected chi connectivity index (χ2v) is 23.2. The minimum atomic E-state index is -1.77. The number of hydrogen-bond donors (Lipinski definition) is 0. The molecule has 0 amide bonds. The predicted octanol–water partition coefficient (Wildman–Crippen LogP) is 4.59. The molecule has 0 aliphatic heterocycles. The minimum absolute atomic E-state index is 0.816. The molecule has 0 saturated carbocycles. The van der Waals surface area contributed by atoms with Gasteiger partial charge in [-0.05, 0) is 71.1 Å². The lowest BCUT2D eigenvalue weighted by Crippen LogP contribution is -2.31. The van der Waals surface area contributed by atoms with Crippen molar-refractivity contribution in [2.24, 2.45) is 0 Å². The van der Waals surface area contributed by atoms with Gasteiger partial charge >= 0.3 is 0 Å². The SMILES string of the molecule is C[Si](C)(C)OC([SiH3])=C(O[Si](C)(C)C)c1ccccc1O[Si](C)(C)C. The summed E-state index contributed by atoms with van der Waals surface area (Å²) in [6.07, 6.45) is 0. The van der Waals surface area contributed by atoms with Crippen molar-refractivity contribution >= 4 is 41.0 Å². The van der Waals surface area contributed by atoms with Crippen LogP contribution in [0.1, 0.15) is 5.56 Å². The molecule has 0 heterocycles. The van der Waals surface area contributed by atoms with Gasteiger partial charge in [0.15, 0.2) is 0 Å². The maximum Gasteiger partial charge on any atom is 0.242 e. The second-order valence-electron chi connectivity index (χ2n) is 9.02. The molecule has 0 spiro atoms. The zero-order valence-corrected chi connectivity index (χ0v) is 22.0. The smallest absolute Gasteiger partial charge is 0.242 e. The molecule has 24 heavy (non-hydrogen) atoms. The number of rotatable bonds is 7. The Balaban J connectivity index is 3.43. The molecule has 0 aliphatic rings. The summed E-state index contributed by atoms with van der Waals surface area (Å²) in [6.45, 7) is 19.9. The van der Waals surface area contributed by atoms with Crippen LogP contribution in [-0.2, 0) is 8.85 Å². The first-order valence-electron chi connectivity index (χ1n) is 8.55. The first-order chi connectivity index (χ1) is 10.7. The van der Waals surface area contributed by atoms with Crippen LogP contribution >= 0.6 is 0 Å². The summed E-state index contributed by atoms with van der Waals surface area (Å²) in [7, 11) is -4.33. The van der Waals surface area contributed by atoms with Crippen LogP contribution < -0.4 is 4.43 Å². The summed E-state index contributed by atoms with van der Waals surface area (Å²) >= 11 is 0. The third-order valence-corrected chi connectivity index (χ3v) is 6.37. The van der Waals surface area contributed by atoms with E-state index in [9.17, 15) is 0 Å². The zero-order chi connectivity index (χ0) is 18.8. The van der Waals surface area contributed by atoms with Crippen molar-refractivity contribution in [3.05, 3.63) is 35.2 Å².